The van der Waals surface area contributed by atoms with Crippen molar-refractivity contribution in [2.24, 2.45) is 5.73 Å². The van der Waals surface area contributed by atoms with Crippen molar-refractivity contribution >= 4 is 33.4 Å². The van der Waals surface area contributed by atoms with Crippen molar-refractivity contribution in [3.05, 3.63) is 33.3 Å². The summed E-state index contributed by atoms with van der Waals surface area (Å²) in [5.74, 6) is -0.165. The van der Waals surface area contributed by atoms with Gasteiger partial charge < -0.3 is 11.1 Å². The monoisotopic (exact) mass is 304 g/mol. The minimum Gasteiger partial charge on any atom is -0.350 e. The molecule has 0 saturated heterocycles. The van der Waals surface area contributed by atoms with E-state index in [0.717, 1.165) is 0 Å². The SMILES string of the molecule is CC(C)(N)CNC(=O)c1ccc(Cl)cc1Br. The van der Waals surface area contributed by atoms with Gasteiger partial charge in [0.2, 0.25) is 0 Å². The number of benzene rings is 1. The van der Waals surface area contributed by atoms with Crippen molar-refractivity contribution in [2.75, 3.05) is 6.54 Å². The van der Waals surface area contributed by atoms with Crippen molar-refractivity contribution in [2.45, 2.75) is 19.4 Å². The van der Waals surface area contributed by atoms with E-state index in [-0.39, 0.29) is 5.91 Å². The second-order valence-corrected chi connectivity index (χ2v) is 5.59. The average Bonchev–Trinajstić information content (AvgIpc) is 2.13. The Morgan fingerprint density at radius 3 is 2.69 bits per heavy atom. The lowest BCUT2D eigenvalue weighted by atomic mass is 10.1. The van der Waals surface area contributed by atoms with Gasteiger partial charge in [-0.2, -0.15) is 0 Å². The summed E-state index contributed by atoms with van der Waals surface area (Å²) in [5.41, 5.74) is 5.90. The van der Waals surface area contributed by atoms with Crippen LogP contribution < -0.4 is 11.1 Å². The van der Waals surface area contributed by atoms with Crippen LogP contribution >= 0.6 is 27.5 Å². The number of rotatable bonds is 3. The Labute approximate surface area is 108 Å². The smallest absolute Gasteiger partial charge is 0.252 e. The zero-order valence-corrected chi connectivity index (χ0v) is 11.5. The number of nitrogens with two attached hydrogens (primary N) is 1. The molecule has 0 bridgehead atoms. The third kappa shape index (κ3) is 4.12. The molecule has 0 spiro atoms. The van der Waals surface area contributed by atoms with Crippen LogP contribution in [0.3, 0.4) is 0 Å². The van der Waals surface area contributed by atoms with Crippen molar-refractivity contribution in [3.8, 4) is 0 Å². The molecule has 3 N–H and O–H groups in total. The van der Waals surface area contributed by atoms with E-state index in [2.05, 4.69) is 21.2 Å². The topological polar surface area (TPSA) is 55.1 Å². The van der Waals surface area contributed by atoms with Gasteiger partial charge in [-0.15, -0.1) is 0 Å². The van der Waals surface area contributed by atoms with Gasteiger partial charge in [0.05, 0.1) is 5.56 Å². The molecule has 1 rings (SSSR count). The zero-order valence-electron chi connectivity index (χ0n) is 9.18. The molecule has 0 aliphatic heterocycles. The molecule has 1 aromatic rings. The fourth-order valence-electron chi connectivity index (χ4n) is 1.08. The molecule has 0 aliphatic rings. The summed E-state index contributed by atoms with van der Waals surface area (Å²) in [4.78, 5) is 11.8. The number of amides is 1. The molecule has 0 radical (unpaired) electrons. The third-order valence-electron chi connectivity index (χ3n) is 1.88. The van der Waals surface area contributed by atoms with Crippen molar-refractivity contribution in [3.63, 3.8) is 0 Å². The van der Waals surface area contributed by atoms with Crippen molar-refractivity contribution < 1.29 is 4.79 Å². The minimum atomic E-state index is -0.422. The van der Waals surface area contributed by atoms with E-state index in [1.807, 2.05) is 13.8 Å². The Morgan fingerprint density at radius 1 is 1.56 bits per heavy atom. The molecule has 0 fully saturated rings. The average molecular weight is 306 g/mol. The fourth-order valence-corrected chi connectivity index (χ4v) is 1.94. The van der Waals surface area contributed by atoms with Crippen LogP contribution in [0.15, 0.2) is 22.7 Å². The highest BCUT2D eigenvalue weighted by molar-refractivity contribution is 9.10. The quantitative estimate of drug-likeness (QED) is 0.902. The molecule has 0 aliphatic carbocycles. The van der Waals surface area contributed by atoms with Gasteiger partial charge in [-0.05, 0) is 48.0 Å². The predicted octanol–water partition coefficient (Wildman–Crippen LogP) is 2.57. The van der Waals surface area contributed by atoms with Gasteiger partial charge in [-0.3, -0.25) is 4.79 Å². The van der Waals surface area contributed by atoms with Crippen LogP contribution in [0.2, 0.25) is 5.02 Å². The highest BCUT2D eigenvalue weighted by Crippen LogP contribution is 2.21. The van der Waals surface area contributed by atoms with Crippen molar-refractivity contribution in [1.29, 1.82) is 0 Å². The van der Waals surface area contributed by atoms with Gasteiger partial charge in [0.1, 0.15) is 0 Å². The van der Waals surface area contributed by atoms with Gasteiger partial charge in [0.15, 0.2) is 0 Å². The number of nitrogens with one attached hydrogen (secondary N) is 1. The van der Waals surface area contributed by atoms with Crippen LogP contribution in [0.5, 0.6) is 0 Å². The molecule has 0 atom stereocenters. The number of hydrogen-bond donors (Lipinski definition) is 2. The lowest BCUT2D eigenvalue weighted by Gasteiger charge is -2.19. The summed E-state index contributed by atoms with van der Waals surface area (Å²) in [6.07, 6.45) is 0. The highest BCUT2D eigenvalue weighted by atomic mass is 79.9. The van der Waals surface area contributed by atoms with Crippen LogP contribution in [0.4, 0.5) is 0 Å². The second-order valence-electron chi connectivity index (χ2n) is 4.30. The Balaban J connectivity index is 2.74. The molecule has 3 nitrogen and oxygen atoms in total. The maximum absolute atomic E-state index is 11.8. The van der Waals surface area contributed by atoms with E-state index in [4.69, 9.17) is 17.3 Å². The molecule has 0 aromatic heterocycles. The summed E-state index contributed by atoms with van der Waals surface area (Å²) in [6, 6.07) is 5.03. The summed E-state index contributed by atoms with van der Waals surface area (Å²) >= 11 is 9.08. The van der Waals surface area contributed by atoms with E-state index >= 15 is 0 Å². The standard InChI is InChI=1S/C11H14BrClN2O/c1-11(2,14)6-15-10(16)8-4-3-7(13)5-9(8)12/h3-5H,6,14H2,1-2H3,(H,15,16). The lowest BCUT2D eigenvalue weighted by Crippen LogP contribution is -2.45. The third-order valence-corrected chi connectivity index (χ3v) is 2.77. The summed E-state index contributed by atoms with van der Waals surface area (Å²) in [7, 11) is 0. The van der Waals surface area contributed by atoms with E-state index in [1.54, 1.807) is 18.2 Å². The normalized spacial score (nSPS) is 11.3. The first kappa shape index (κ1) is 13.5. The first-order valence-electron chi connectivity index (χ1n) is 4.82. The second kappa shape index (κ2) is 5.17. The molecular weight excluding hydrogens is 291 g/mol. The Bertz CT molecular complexity index is 401. The first-order chi connectivity index (χ1) is 7.29. The number of carbonyl (C=O) groups excluding carboxylic acids is 1. The van der Waals surface area contributed by atoms with Gasteiger partial charge >= 0.3 is 0 Å². The molecule has 16 heavy (non-hydrogen) atoms. The maximum atomic E-state index is 11.8. The molecule has 88 valence electrons. The number of hydrogen-bond acceptors (Lipinski definition) is 2. The summed E-state index contributed by atoms with van der Waals surface area (Å²) in [6.45, 7) is 4.12. The molecule has 0 saturated carbocycles. The Morgan fingerprint density at radius 2 is 2.19 bits per heavy atom. The van der Waals surface area contributed by atoms with E-state index in [1.165, 1.54) is 0 Å². The number of carbonyl (C=O) groups is 1. The minimum absolute atomic E-state index is 0.165. The van der Waals surface area contributed by atoms with Crippen LogP contribution in [0.1, 0.15) is 24.2 Å². The molecular formula is C11H14BrClN2O. The maximum Gasteiger partial charge on any atom is 0.252 e. The van der Waals surface area contributed by atoms with Gasteiger partial charge in [0, 0.05) is 21.6 Å². The fraction of sp³-hybridized carbons (Fsp3) is 0.364. The van der Waals surface area contributed by atoms with Crippen LogP contribution in [-0.2, 0) is 0 Å². The van der Waals surface area contributed by atoms with Gasteiger partial charge in [0.25, 0.3) is 5.91 Å². The summed E-state index contributed by atoms with van der Waals surface area (Å²) in [5, 5.41) is 3.35. The first-order valence-corrected chi connectivity index (χ1v) is 5.99. The van der Waals surface area contributed by atoms with Crippen molar-refractivity contribution in [1.82, 2.24) is 5.32 Å². The lowest BCUT2D eigenvalue weighted by molar-refractivity contribution is 0.0945. The van der Waals surface area contributed by atoms with E-state index < -0.39 is 5.54 Å². The molecule has 1 amide bonds. The number of halogens is 2. The molecule has 0 heterocycles. The highest BCUT2D eigenvalue weighted by Gasteiger charge is 2.15. The molecule has 5 heteroatoms. The van der Waals surface area contributed by atoms with Gasteiger partial charge in [-0.1, -0.05) is 11.6 Å². The van der Waals surface area contributed by atoms with Crippen LogP contribution in [0, 0.1) is 0 Å². The van der Waals surface area contributed by atoms with Crippen LogP contribution in [0.25, 0.3) is 0 Å². The predicted molar refractivity (Wildman–Crippen MR) is 69.8 cm³/mol. The Kier molecular flexibility index (Phi) is 4.35. The Hall–Kier alpha value is -0.580. The molecule has 0 unspecified atom stereocenters. The molecule has 1 aromatic carbocycles. The largest absolute Gasteiger partial charge is 0.350 e. The van der Waals surface area contributed by atoms with E-state index in [9.17, 15) is 4.79 Å². The van der Waals surface area contributed by atoms with Crippen LogP contribution in [-0.4, -0.2) is 18.0 Å². The van der Waals surface area contributed by atoms with Gasteiger partial charge in [-0.25, -0.2) is 0 Å². The van der Waals surface area contributed by atoms with E-state index in [0.29, 0.717) is 21.6 Å². The summed E-state index contributed by atoms with van der Waals surface area (Å²) < 4.78 is 0.673. The zero-order chi connectivity index (χ0) is 12.3.